The zero-order valence-corrected chi connectivity index (χ0v) is 10.8. The van der Waals surface area contributed by atoms with Crippen LogP contribution in [0.3, 0.4) is 0 Å². The van der Waals surface area contributed by atoms with E-state index >= 15 is 0 Å². The van der Waals surface area contributed by atoms with Crippen LogP contribution in [0.5, 0.6) is 0 Å². The van der Waals surface area contributed by atoms with Crippen molar-refractivity contribution in [2.24, 2.45) is 0 Å². The van der Waals surface area contributed by atoms with Crippen LogP contribution in [-0.2, 0) is 4.74 Å². The lowest BCUT2D eigenvalue weighted by atomic mass is 10.2. The van der Waals surface area contributed by atoms with Crippen molar-refractivity contribution in [1.29, 1.82) is 0 Å². The van der Waals surface area contributed by atoms with E-state index in [-0.39, 0.29) is 0 Å². The van der Waals surface area contributed by atoms with Crippen LogP contribution in [0.15, 0.2) is 0 Å². The molecule has 0 radical (unpaired) electrons. The summed E-state index contributed by atoms with van der Waals surface area (Å²) in [5.74, 6) is 1.29. The van der Waals surface area contributed by atoms with Crippen molar-refractivity contribution in [2.45, 2.75) is 30.3 Å². The molecular formula is C11H22N2OS. The smallest absolute Gasteiger partial charge is 0.0713 e. The van der Waals surface area contributed by atoms with Crippen LogP contribution in [0, 0.1) is 0 Å². The van der Waals surface area contributed by atoms with Gasteiger partial charge in [0.15, 0.2) is 0 Å². The van der Waals surface area contributed by atoms with Crippen molar-refractivity contribution >= 4 is 11.8 Å². The van der Waals surface area contributed by atoms with E-state index in [1.54, 1.807) is 7.11 Å². The molecule has 0 bridgehead atoms. The standard InChI is InChI=1S/C11H22N2OS/c1-12-6-7-15-11(12)10-5-4-9(8-14-3)13(10)2/h9-11H,4-8H2,1-3H3/t9-,10?,11?/m0/s1. The Kier molecular flexibility index (Phi) is 3.93. The predicted molar refractivity (Wildman–Crippen MR) is 65.3 cm³/mol. The molecule has 0 N–H and O–H groups in total. The second-order valence-electron chi connectivity index (χ2n) is 4.66. The van der Waals surface area contributed by atoms with Crippen molar-refractivity contribution < 1.29 is 4.74 Å². The minimum absolute atomic E-state index is 0.634. The molecule has 0 amide bonds. The molecule has 0 spiro atoms. The van der Waals surface area contributed by atoms with Gasteiger partial charge in [0.2, 0.25) is 0 Å². The summed E-state index contributed by atoms with van der Waals surface area (Å²) in [5, 5.41) is 0.705. The molecule has 2 unspecified atom stereocenters. The molecular weight excluding hydrogens is 208 g/mol. The van der Waals surface area contributed by atoms with Gasteiger partial charge in [0.1, 0.15) is 0 Å². The third-order valence-corrected chi connectivity index (χ3v) is 5.18. The molecule has 0 aromatic carbocycles. The van der Waals surface area contributed by atoms with Gasteiger partial charge in [0.05, 0.1) is 12.0 Å². The summed E-state index contributed by atoms with van der Waals surface area (Å²) in [6, 6.07) is 1.36. The van der Waals surface area contributed by atoms with Crippen LogP contribution in [0.25, 0.3) is 0 Å². The third kappa shape index (κ3) is 2.33. The van der Waals surface area contributed by atoms with Crippen LogP contribution in [0.2, 0.25) is 0 Å². The number of methoxy groups -OCH3 is 1. The molecule has 88 valence electrons. The van der Waals surface area contributed by atoms with Gasteiger partial charge in [-0.3, -0.25) is 9.80 Å². The molecule has 3 nitrogen and oxygen atoms in total. The lowest BCUT2D eigenvalue weighted by Crippen LogP contribution is -2.44. The molecule has 0 aliphatic carbocycles. The van der Waals surface area contributed by atoms with Gasteiger partial charge in [-0.2, -0.15) is 0 Å². The zero-order valence-electron chi connectivity index (χ0n) is 9.98. The number of thioether (sulfide) groups is 1. The summed E-state index contributed by atoms with van der Waals surface area (Å²) >= 11 is 2.12. The average Bonchev–Trinajstić information content (AvgIpc) is 2.76. The molecule has 0 aromatic rings. The SMILES string of the molecule is COC[C@@H]1CCC(C2SCCN2C)N1C. The van der Waals surface area contributed by atoms with Crippen LogP contribution >= 0.6 is 11.8 Å². The van der Waals surface area contributed by atoms with Crippen molar-refractivity contribution in [2.75, 3.05) is 40.1 Å². The lowest BCUT2D eigenvalue weighted by molar-refractivity contribution is 0.102. The molecule has 0 saturated carbocycles. The fourth-order valence-electron chi connectivity index (χ4n) is 2.75. The zero-order chi connectivity index (χ0) is 10.8. The minimum Gasteiger partial charge on any atom is -0.383 e. The van der Waals surface area contributed by atoms with Gasteiger partial charge in [0, 0.05) is 31.5 Å². The number of rotatable bonds is 3. The molecule has 2 fully saturated rings. The Hall–Kier alpha value is 0.230. The number of likely N-dealkylation sites (tertiary alicyclic amines) is 1. The highest BCUT2D eigenvalue weighted by atomic mass is 32.2. The van der Waals surface area contributed by atoms with Crippen LogP contribution in [-0.4, -0.2) is 67.4 Å². The minimum atomic E-state index is 0.634. The van der Waals surface area contributed by atoms with Crippen LogP contribution < -0.4 is 0 Å². The van der Waals surface area contributed by atoms with E-state index in [0.717, 1.165) is 12.6 Å². The van der Waals surface area contributed by atoms with Crippen LogP contribution in [0.4, 0.5) is 0 Å². The number of ether oxygens (including phenoxy) is 1. The Bertz CT molecular complexity index is 215. The van der Waals surface area contributed by atoms with E-state index < -0.39 is 0 Å². The first-order chi connectivity index (χ1) is 7.24. The maximum absolute atomic E-state index is 5.27. The normalized spacial score (nSPS) is 39.0. The summed E-state index contributed by atoms with van der Waals surface area (Å²) in [6.45, 7) is 2.13. The second-order valence-corrected chi connectivity index (χ2v) is 5.89. The highest BCUT2D eigenvalue weighted by Gasteiger charge is 2.39. The Labute approximate surface area is 97.1 Å². The molecule has 2 aliphatic heterocycles. The maximum atomic E-state index is 5.27. The Morgan fingerprint density at radius 2 is 2.13 bits per heavy atom. The van der Waals surface area contributed by atoms with Gasteiger partial charge in [-0.05, 0) is 26.9 Å². The van der Waals surface area contributed by atoms with Gasteiger partial charge in [-0.25, -0.2) is 0 Å². The molecule has 0 aromatic heterocycles. The van der Waals surface area contributed by atoms with Gasteiger partial charge >= 0.3 is 0 Å². The van der Waals surface area contributed by atoms with E-state index in [1.165, 1.54) is 25.1 Å². The number of hydrogen-bond donors (Lipinski definition) is 0. The monoisotopic (exact) mass is 230 g/mol. The first-order valence-corrected chi connectivity index (χ1v) is 6.81. The molecule has 2 aliphatic rings. The first-order valence-electron chi connectivity index (χ1n) is 5.76. The first kappa shape index (κ1) is 11.7. The van der Waals surface area contributed by atoms with Crippen molar-refractivity contribution in [3.8, 4) is 0 Å². The van der Waals surface area contributed by atoms with E-state index in [1.807, 2.05) is 0 Å². The average molecular weight is 230 g/mol. The summed E-state index contributed by atoms with van der Waals surface area (Å²) in [7, 11) is 6.31. The summed E-state index contributed by atoms with van der Waals surface area (Å²) in [4.78, 5) is 5.03. The van der Waals surface area contributed by atoms with Crippen LogP contribution in [0.1, 0.15) is 12.8 Å². The number of hydrogen-bond acceptors (Lipinski definition) is 4. The molecule has 4 heteroatoms. The fourth-order valence-corrected chi connectivity index (χ4v) is 4.30. The summed E-state index contributed by atoms with van der Waals surface area (Å²) in [6.07, 6.45) is 2.62. The second kappa shape index (κ2) is 5.04. The topological polar surface area (TPSA) is 15.7 Å². The van der Waals surface area contributed by atoms with E-state index in [4.69, 9.17) is 4.74 Å². The lowest BCUT2D eigenvalue weighted by Gasteiger charge is -2.32. The van der Waals surface area contributed by atoms with Crippen molar-refractivity contribution in [1.82, 2.24) is 9.80 Å². The molecule has 15 heavy (non-hydrogen) atoms. The fraction of sp³-hybridized carbons (Fsp3) is 1.00. The van der Waals surface area contributed by atoms with Gasteiger partial charge < -0.3 is 4.74 Å². The molecule has 2 saturated heterocycles. The van der Waals surface area contributed by atoms with Crippen molar-refractivity contribution in [3.63, 3.8) is 0 Å². The number of nitrogens with zero attached hydrogens (tertiary/aromatic N) is 2. The van der Waals surface area contributed by atoms with Gasteiger partial charge in [-0.1, -0.05) is 0 Å². The third-order valence-electron chi connectivity index (χ3n) is 3.75. The quantitative estimate of drug-likeness (QED) is 0.721. The largest absolute Gasteiger partial charge is 0.383 e. The highest BCUT2D eigenvalue weighted by Crippen LogP contribution is 2.34. The van der Waals surface area contributed by atoms with Crippen molar-refractivity contribution in [3.05, 3.63) is 0 Å². The highest BCUT2D eigenvalue weighted by molar-refractivity contribution is 8.00. The van der Waals surface area contributed by atoms with E-state index in [9.17, 15) is 0 Å². The summed E-state index contributed by atoms with van der Waals surface area (Å²) in [5.41, 5.74) is 0. The Morgan fingerprint density at radius 1 is 1.33 bits per heavy atom. The van der Waals surface area contributed by atoms with Gasteiger partial charge in [-0.15, -0.1) is 11.8 Å². The maximum Gasteiger partial charge on any atom is 0.0713 e. The molecule has 3 atom stereocenters. The Balaban J connectivity index is 1.94. The number of likely N-dealkylation sites (N-methyl/N-ethyl adjacent to an activating group) is 2. The Morgan fingerprint density at radius 3 is 2.73 bits per heavy atom. The van der Waals surface area contributed by atoms with E-state index in [0.29, 0.717) is 11.4 Å². The van der Waals surface area contributed by atoms with Gasteiger partial charge in [0.25, 0.3) is 0 Å². The van der Waals surface area contributed by atoms with E-state index in [2.05, 4.69) is 35.7 Å². The molecule has 2 heterocycles. The molecule has 2 rings (SSSR count). The predicted octanol–water partition coefficient (Wildman–Crippen LogP) is 1.10. The summed E-state index contributed by atoms with van der Waals surface area (Å²) < 4.78 is 5.27.